The first-order valence-electron chi connectivity index (χ1n) is 15.0. The van der Waals surface area contributed by atoms with Crippen LogP contribution in [0.15, 0.2) is 23.1 Å². The molecule has 2 amide bonds. The van der Waals surface area contributed by atoms with Crippen molar-refractivity contribution in [1.29, 1.82) is 0 Å². The molecular formula is C29H35F6N7O3. The fourth-order valence-electron chi connectivity index (χ4n) is 6.12. The molecule has 3 aromatic heterocycles. The summed E-state index contributed by atoms with van der Waals surface area (Å²) in [5, 5.41) is 17.3. The van der Waals surface area contributed by atoms with Crippen molar-refractivity contribution in [3.63, 3.8) is 0 Å². The van der Waals surface area contributed by atoms with Crippen LogP contribution in [0.25, 0.3) is 5.65 Å². The highest BCUT2D eigenvalue weighted by Crippen LogP contribution is 2.44. The van der Waals surface area contributed by atoms with E-state index in [0.29, 0.717) is 16.9 Å². The Morgan fingerprint density at radius 3 is 2.42 bits per heavy atom. The van der Waals surface area contributed by atoms with E-state index in [2.05, 4.69) is 35.7 Å². The number of carbonyl (C=O) groups excluding carboxylic acids is 2. The van der Waals surface area contributed by atoms with Crippen LogP contribution < -0.4 is 10.6 Å². The van der Waals surface area contributed by atoms with Crippen LogP contribution in [0, 0.1) is 17.8 Å². The lowest BCUT2D eigenvalue weighted by Gasteiger charge is -2.35. The summed E-state index contributed by atoms with van der Waals surface area (Å²) in [6.07, 6.45) is -1.49. The Balaban J connectivity index is 1.37. The number of carbonyl (C=O) groups is 2. The first kappa shape index (κ1) is 32.7. The molecule has 2 N–H and O–H groups in total. The maximum absolute atomic E-state index is 14.0. The molecule has 3 aromatic rings. The van der Waals surface area contributed by atoms with Gasteiger partial charge in [0.15, 0.2) is 11.3 Å². The third kappa shape index (κ3) is 7.93. The smallest absolute Gasteiger partial charge is 0.276 e. The van der Waals surface area contributed by atoms with Crippen molar-refractivity contribution in [3.05, 3.63) is 41.1 Å². The summed E-state index contributed by atoms with van der Waals surface area (Å²) in [5.41, 5.74) is 1.01. The van der Waals surface area contributed by atoms with Crippen LogP contribution in [0.2, 0.25) is 0 Å². The molecule has 0 spiro atoms. The van der Waals surface area contributed by atoms with Crippen molar-refractivity contribution in [2.45, 2.75) is 102 Å². The van der Waals surface area contributed by atoms with E-state index in [1.54, 1.807) is 18.5 Å². The third-order valence-corrected chi connectivity index (χ3v) is 8.56. The van der Waals surface area contributed by atoms with E-state index in [4.69, 9.17) is 0 Å². The highest BCUT2D eigenvalue weighted by atomic mass is 19.3. The summed E-state index contributed by atoms with van der Waals surface area (Å²) < 4.78 is 86.2. The number of halogens is 6. The predicted molar refractivity (Wildman–Crippen MR) is 147 cm³/mol. The van der Waals surface area contributed by atoms with Crippen LogP contribution in [0.5, 0.6) is 0 Å². The molecule has 5 rings (SSSR count). The number of fused-ring (bicyclic) bond motifs is 1. The number of imidazole rings is 1. The van der Waals surface area contributed by atoms with Crippen LogP contribution in [0.3, 0.4) is 0 Å². The maximum Gasteiger partial charge on any atom is 0.276 e. The lowest BCUT2D eigenvalue weighted by atomic mass is 9.79. The summed E-state index contributed by atoms with van der Waals surface area (Å²) in [7, 11) is 0. The topological polar surface area (TPSA) is 127 Å². The number of alkyl halides is 6. The second kappa shape index (κ2) is 12.9. The number of hydrogen-bond acceptors (Lipinski definition) is 7. The van der Waals surface area contributed by atoms with Crippen LogP contribution in [-0.4, -0.2) is 55.0 Å². The van der Waals surface area contributed by atoms with Crippen LogP contribution in [0.1, 0.15) is 105 Å². The molecule has 2 atom stereocenters. The van der Waals surface area contributed by atoms with Gasteiger partial charge in [-0.3, -0.25) is 9.59 Å². The van der Waals surface area contributed by atoms with Gasteiger partial charge in [0, 0.05) is 44.9 Å². The SMILES string of the molecule is CC(C)[C@H](NC(=O)CC1CC(F)(F)C1)c1cnn2cc([C@@H](NC(=O)c3nonc3CCC(F)F)C3CCC(F)(F)CC3)nc2c1. The second-order valence-corrected chi connectivity index (χ2v) is 12.5. The zero-order chi connectivity index (χ0) is 32.5. The van der Waals surface area contributed by atoms with E-state index in [1.165, 1.54) is 4.52 Å². The van der Waals surface area contributed by atoms with E-state index in [1.807, 2.05) is 13.8 Å². The first-order valence-corrected chi connectivity index (χ1v) is 15.0. The molecular weight excluding hydrogens is 608 g/mol. The molecule has 2 fully saturated rings. The zero-order valence-electron chi connectivity index (χ0n) is 24.8. The molecule has 0 bridgehead atoms. The van der Waals surface area contributed by atoms with E-state index in [9.17, 15) is 35.9 Å². The van der Waals surface area contributed by atoms with Gasteiger partial charge in [-0.05, 0) is 47.4 Å². The molecule has 10 nitrogen and oxygen atoms in total. The minimum Gasteiger partial charge on any atom is -0.349 e. The van der Waals surface area contributed by atoms with Crippen molar-refractivity contribution in [3.8, 4) is 0 Å². The van der Waals surface area contributed by atoms with Crippen LogP contribution in [-0.2, 0) is 11.2 Å². The molecule has 45 heavy (non-hydrogen) atoms. The van der Waals surface area contributed by atoms with Gasteiger partial charge < -0.3 is 10.6 Å². The number of aryl methyl sites for hydroxylation is 1. The Morgan fingerprint density at radius 1 is 1.07 bits per heavy atom. The number of amides is 2. The molecule has 0 unspecified atom stereocenters. The lowest BCUT2D eigenvalue weighted by Crippen LogP contribution is -2.40. The average molecular weight is 644 g/mol. The van der Waals surface area contributed by atoms with Gasteiger partial charge in [0.2, 0.25) is 24.2 Å². The Kier molecular flexibility index (Phi) is 9.40. The van der Waals surface area contributed by atoms with E-state index >= 15 is 0 Å². The van der Waals surface area contributed by atoms with Crippen molar-refractivity contribution >= 4 is 17.5 Å². The van der Waals surface area contributed by atoms with Crippen molar-refractivity contribution in [2.75, 3.05) is 0 Å². The number of rotatable bonds is 12. The summed E-state index contributed by atoms with van der Waals surface area (Å²) >= 11 is 0. The minimum absolute atomic E-state index is 0.00525. The number of aromatic nitrogens is 5. The molecule has 3 heterocycles. The number of nitrogens with one attached hydrogen (secondary N) is 2. The minimum atomic E-state index is -2.82. The largest absolute Gasteiger partial charge is 0.349 e. The van der Waals surface area contributed by atoms with Crippen LogP contribution in [0.4, 0.5) is 26.3 Å². The standard InChI is InChI=1S/C29H35F6N7O3/c1-15(2)24(38-23(43)9-16-11-29(34,35)12-16)18-10-22-37-20(14-42(22)36-13-18)25(17-5-7-28(32,33)8-6-17)39-27(44)26-19(40-45-41-26)3-4-21(30)31/h10,13-17,21,24-25H,3-9,11-12H2,1-2H3,(H,38,43)(H,39,44)/t24-,25-/m0/s1. The molecule has 0 aromatic carbocycles. The van der Waals surface area contributed by atoms with Crippen molar-refractivity contribution in [1.82, 2.24) is 35.5 Å². The summed E-state index contributed by atoms with van der Waals surface area (Å²) in [4.78, 5) is 30.6. The Bertz CT molecular complexity index is 1490. The molecule has 2 aliphatic carbocycles. The van der Waals surface area contributed by atoms with Crippen molar-refractivity contribution in [2.24, 2.45) is 17.8 Å². The first-order chi connectivity index (χ1) is 21.2. The van der Waals surface area contributed by atoms with Gasteiger partial charge in [-0.1, -0.05) is 19.0 Å². The number of hydrogen-bond donors (Lipinski definition) is 2. The third-order valence-electron chi connectivity index (χ3n) is 8.56. The Hall–Kier alpha value is -3.72. The fraction of sp³-hybridized carbons (Fsp3) is 0.655. The van der Waals surface area contributed by atoms with Gasteiger partial charge in [0.25, 0.3) is 5.91 Å². The zero-order valence-corrected chi connectivity index (χ0v) is 24.8. The molecule has 246 valence electrons. The molecule has 2 saturated carbocycles. The summed E-state index contributed by atoms with van der Waals surface area (Å²) in [5.74, 6) is -7.53. The van der Waals surface area contributed by atoms with Gasteiger partial charge >= 0.3 is 0 Å². The van der Waals surface area contributed by atoms with Gasteiger partial charge in [-0.25, -0.2) is 40.5 Å². The Labute approximate surface area is 254 Å². The van der Waals surface area contributed by atoms with E-state index in [0.717, 1.165) is 0 Å². The highest BCUT2D eigenvalue weighted by molar-refractivity contribution is 5.93. The molecule has 0 aliphatic heterocycles. The Morgan fingerprint density at radius 2 is 1.78 bits per heavy atom. The van der Waals surface area contributed by atoms with Gasteiger partial charge in [-0.15, -0.1) is 0 Å². The average Bonchev–Trinajstić information content (AvgIpc) is 3.59. The second-order valence-electron chi connectivity index (χ2n) is 12.5. The molecule has 0 radical (unpaired) electrons. The number of nitrogens with zero attached hydrogens (tertiary/aromatic N) is 5. The van der Waals surface area contributed by atoms with Gasteiger partial charge in [-0.2, -0.15) is 5.10 Å². The molecule has 0 saturated heterocycles. The van der Waals surface area contributed by atoms with Crippen molar-refractivity contribution < 1.29 is 40.6 Å². The molecule has 16 heteroatoms. The summed E-state index contributed by atoms with van der Waals surface area (Å²) in [6, 6.07) is 0.370. The quantitative estimate of drug-likeness (QED) is 0.237. The van der Waals surface area contributed by atoms with Gasteiger partial charge in [0.1, 0.15) is 5.69 Å². The predicted octanol–water partition coefficient (Wildman–Crippen LogP) is 5.86. The fourth-order valence-corrected chi connectivity index (χ4v) is 6.12. The lowest BCUT2D eigenvalue weighted by molar-refractivity contribution is -0.134. The normalized spacial score (nSPS) is 19.9. The monoisotopic (exact) mass is 643 g/mol. The van der Waals surface area contributed by atoms with Crippen LogP contribution >= 0.6 is 0 Å². The van der Waals surface area contributed by atoms with E-state index < -0.39 is 48.6 Å². The van der Waals surface area contributed by atoms with Gasteiger partial charge in [0.05, 0.1) is 30.2 Å². The maximum atomic E-state index is 14.0. The molecule has 2 aliphatic rings. The van der Waals surface area contributed by atoms with E-state index in [-0.39, 0.29) is 80.5 Å². The summed E-state index contributed by atoms with van der Waals surface area (Å²) in [6.45, 7) is 3.78. The highest BCUT2D eigenvalue weighted by Gasteiger charge is 2.46.